The third kappa shape index (κ3) is 4.84. The van der Waals surface area contributed by atoms with Gasteiger partial charge in [0.25, 0.3) is 0 Å². The summed E-state index contributed by atoms with van der Waals surface area (Å²) in [6, 6.07) is 6.00. The van der Waals surface area contributed by atoms with Gasteiger partial charge in [0, 0.05) is 12.6 Å². The normalized spacial score (nSPS) is 23.5. The van der Waals surface area contributed by atoms with Gasteiger partial charge in [-0.25, -0.2) is 0 Å². The van der Waals surface area contributed by atoms with Gasteiger partial charge in [-0.15, -0.1) is 0 Å². The molecule has 1 nitrogen and oxygen atoms in total. The molecule has 2 aliphatic rings. The minimum atomic E-state index is -4.26. The van der Waals surface area contributed by atoms with E-state index in [1.54, 1.807) is 12.1 Å². The van der Waals surface area contributed by atoms with Crippen molar-refractivity contribution in [2.45, 2.75) is 50.7 Å². The average molecular weight is 323 g/mol. The first-order valence-corrected chi connectivity index (χ1v) is 8.60. The molecule has 1 saturated heterocycles. The topological polar surface area (TPSA) is 3.24 Å². The smallest absolute Gasteiger partial charge is 0.300 e. The number of piperidine rings is 1. The molecule has 3 rings (SSSR count). The van der Waals surface area contributed by atoms with E-state index in [2.05, 4.69) is 11.0 Å². The van der Waals surface area contributed by atoms with Gasteiger partial charge in [0.2, 0.25) is 0 Å². The van der Waals surface area contributed by atoms with E-state index in [4.69, 9.17) is 0 Å². The molecular formula is C19H24F3N. The molecule has 1 aliphatic carbocycles. The van der Waals surface area contributed by atoms with E-state index >= 15 is 0 Å². The SMILES string of the molecule is FC(F)(F)c1ccc(C=CCC2CCCCN2CC2CC2)cc1. The molecule has 0 amide bonds. The summed E-state index contributed by atoms with van der Waals surface area (Å²) < 4.78 is 37.6. The van der Waals surface area contributed by atoms with E-state index in [1.165, 1.54) is 45.2 Å². The van der Waals surface area contributed by atoms with Gasteiger partial charge in [-0.2, -0.15) is 13.2 Å². The Labute approximate surface area is 136 Å². The number of halogens is 3. The fourth-order valence-corrected chi connectivity index (χ4v) is 3.34. The van der Waals surface area contributed by atoms with Crippen molar-refractivity contribution in [2.24, 2.45) is 5.92 Å². The Kier molecular flexibility index (Phi) is 5.10. The first-order valence-electron chi connectivity index (χ1n) is 8.60. The van der Waals surface area contributed by atoms with Crippen LogP contribution >= 0.6 is 0 Å². The molecular weight excluding hydrogens is 299 g/mol. The van der Waals surface area contributed by atoms with Crippen molar-refractivity contribution < 1.29 is 13.2 Å². The van der Waals surface area contributed by atoms with Gasteiger partial charge in [0.15, 0.2) is 0 Å². The lowest BCUT2D eigenvalue weighted by Gasteiger charge is -2.35. The number of hydrogen-bond donors (Lipinski definition) is 0. The number of benzene rings is 1. The van der Waals surface area contributed by atoms with Crippen molar-refractivity contribution in [1.29, 1.82) is 0 Å². The maximum absolute atomic E-state index is 12.5. The summed E-state index contributed by atoms with van der Waals surface area (Å²) in [5, 5.41) is 0. The molecule has 1 unspecified atom stereocenters. The number of alkyl halides is 3. The Bertz CT molecular complexity index is 529. The highest BCUT2D eigenvalue weighted by atomic mass is 19.4. The number of hydrogen-bond acceptors (Lipinski definition) is 1. The Morgan fingerprint density at radius 1 is 1.04 bits per heavy atom. The minimum Gasteiger partial charge on any atom is -0.300 e. The van der Waals surface area contributed by atoms with Crippen molar-refractivity contribution in [2.75, 3.05) is 13.1 Å². The van der Waals surface area contributed by atoms with Crippen LogP contribution < -0.4 is 0 Å². The molecule has 1 atom stereocenters. The first kappa shape index (κ1) is 16.6. The Hall–Kier alpha value is -1.29. The molecule has 0 radical (unpaired) electrons. The fraction of sp³-hybridized carbons (Fsp3) is 0.579. The molecule has 1 heterocycles. The zero-order chi connectivity index (χ0) is 16.3. The molecule has 0 bridgehead atoms. The van der Waals surface area contributed by atoms with Crippen molar-refractivity contribution in [1.82, 2.24) is 4.90 Å². The Balaban J connectivity index is 1.54. The van der Waals surface area contributed by atoms with Crippen molar-refractivity contribution >= 4 is 6.08 Å². The van der Waals surface area contributed by atoms with Crippen LogP contribution in [-0.2, 0) is 6.18 Å². The standard InChI is InChI=1S/C19H24F3N/c20-19(21,22)17-11-9-15(10-12-17)4-3-6-18-5-1-2-13-23(18)14-16-7-8-16/h3-4,9-12,16,18H,1-2,5-8,13-14H2. The summed E-state index contributed by atoms with van der Waals surface area (Å²) in [5.41, 5.74) is 0.250. The molecule has 1 aromatic rings. The van der Waals surface area contributed by atoms with Crippen molar-refractivity contribution in [3.63, 3.8) is 0 Å². The Morgan fingerprint density at radius 3 is 2.43 bits per heavy atom. The molecule has 0 aromatic heterocycles. The Morgan fingerprint density at radius 2 is 1.78 bits per heavy atom. The van der Waals surface area contributed by atoms with Crippen LogP contribution in [0.15, 0.2) is 30.3 Å². The monoisotopic (exact) mass is 323 g/mol. The van der Waals surface area contributed by atoms with Crippen LogP contribution in [0.25, 0.3) is 6.08 Å². The summed E-state index contributed by atoms with van der Waals surface area (Å²) in [5.74, 6) is 0.912. The predicted molar refractivity (Wildman–Crippen MR) is 87.0 cm³/mol. The van der Waals surface area contributed by atoms with Crippen LogP contribution in [-0.4, -0.2) is 24.0 Å². The average Bonchev–Trinajstić information content (AvgIpc) is 3.33. The molecule has 1 saturated carbocycles. The summed E-state index contributed by atoms with van der Waals surface area (Å²) >= 11 is 0. The van der Waals surface area contributed by atoms with Gasteiger partial charge in [-0.05, 0) is 62.3 Å². The van der Waals surface area contributed by atoms with Crippen LogP contribution in [0, 0.1) is 5.92 Å². The predicted octanol–water partition coefficient (Wildman–Crippen LogP) is 5.37. The summed E-state index contributed by atoms with van der Waals surface area (Å²) in [4.78, 5) is 2.62. The van der Waals surface area contributed by atoms with Crippen LogP contribution in [0.5, 0.6) is 0 Å². The third-order valence-electron chi connectivity index (χ3n) is 4.90. The van der Waals surface area contributed by atoms with E-state index in [1.807, 2.05) is 6.08 Å². The number of nitrogens with zero attached hydrogens (tertiary/aromatic N) is 1. The van der Waals surface area contributed by atoms with Crippen LogP contribution in [0.2, 0.25) is 0 Å². The molecule has 23 heavy (non-hydrogen) atoms. The quantitative estimate of drug-likeness (QED) is 0.704. The second-order valence-corrected chi connectivity index (χ2v) is 6.85. The molecule has 1 aliphatic heterocycles. The highest BCUT2D eigenvalue weighted by molar-refractivity contribution is 5.49. The second-order valence-electron chi connectivity index (χ2n) is 6.85. The van der Waals surface area contributed by atoms with E-state index in [0.717, 1.165) is 30.0 Å². The first-order chi connectivity index (χ1) is 11.0. The lowest BCUT2D eigenvalue weighted by molar-refractivity contribution is -0.137. The maximum Gasteiger partial charge on any atom is 0.416 e. The van der Waals surface area contributed by atoms with Gasteiger partial charge in [0.05, 0.1) is 5.56 Å². The molecule has 0 spiro atoms. The minimum absolute atomic E-state index is 0.586. The van der Waals surface area contributed by atoms with Crippen LogP contribution in [0.3, 0.4) is 0 Å². The summed E-state index contributed by atoms with van der Waals surface area (Å²) in [7, 11) is 0. The molecule has 126 valence electrons. The van der Waals surface area contributed by atoms with Gasteiger partial charge >= 0.3 is 6.18 Å². The van der Waals surface area contributed by atoms with Gasteiger partial charge in [0.1, 0.15) is 0 Å². The van der Waals surface area contributed by atoms with E-state index in [0.29, 0.717) is 6.04 Å². The largest absolute Gasteiger partial charge is 0.416 e. The maximum atomic E-state index is 12.5. The lowest BCUT2D eigenvalue weighted by Crippen LogP contribution is -2.40. The van der Waals surface area contributed by atoms with E-state index < -0.39 is 11.7 Å². The summed E-state index contributed by atoms with van der Waals surface area (Å²) in [6.07, 6.45) is 7.40. The van der Waals surface area contributed by atoms with E-state index in [-0.39, 0.29) is 0 Å². The highest BCUT2D eigenvalue weighted by Crippen LogP contribution is 2.33. The van der Waals surface area contributed by atoms with Crippen LogP contribution in [0.4, 0.5) is 13.2 Å². The molecule has 2 fully saturated rings. The van der Waals surface area contributed by atoms with Crippen molar-refractivity contribution in [3.05, 3.63) is 41.5 Å². The third-order valence-corrected chi connectivity index (χ3v) is 4.90. The van der Waals surface area contributed by atoms with Gasteiger partial charge < -0.3 is 0 Å². The summed E-state index contributed by atoms with van der Waals surface area (Å²) in [6.45, 7) is 2.44. The van der Waals surface area contributed by atoms with Crippen LogP contribution in [0.1, 0.15) is 49.7 Å². The molecule has 4 heteroatoms. The van der Waals surface area contributed by atoms with Gasteiger partial charge in [-0.1, -0.05) is 30.7 Å². The lowest BCUT2D eigenvalue weighted by atomic mass is 9.98. The highest BCUT2D eigenvalue weighted by Gasteiger charge is 2.30. The van der Waals surface area contributed by atoms with Crippen molar-refractivity contribution in [3.8, 4) is 0 Å². The van der Waals surface area contributed by atoms with E-state index in [9.17, 15) is 13.2 Å². The zero-order valence-electron chi connectivity index (χ0n) is 13.4. The van der Waals surface area contributed by atoms with Gasteiger partial charge in [-0.3, -0.25) is 4.90 Å². The number of rotatable bonds is 5. The second kappa shape index (κ2) is 7.08. The fourth-order valence-electron chi connectivity index (χ4n) is 3.34. The zero-order valence-corrected chi connectivity index (χ0v) is 13.4. The molecule has 1 aromatic carbocycles. The number of likely N-dealkylation sites (tertiary alicyclic amines) is 1. The molecule has 0 N–H and O–H groups in total.